The first kappa shape index (κ1) is 26.9. The topological polar surface area (TPSA) is 22.2 Å². The average molecular weight is 724 g/mol. The van der Waals surface area contributed by atoms with Gasteiger partial charge in [0.2, 0.25) is 0 Å². The Kier molecular flexibility index (Phi) is 6.90. The summed E-state index contributed by atoms with van der Waals surface area (Å²) in [7, 11) is 4.19. The van der Waals surface area contributed by atoms with Crippen LogP contribution >= 0.6 is 11.3 Å². The maximum absolute atomic E-state index is 6.32. The zero-order valence-corrected chi connectivity index (χ0v) is 25.7. The summed E-state index contributed by atoms with van der Waals surface area (Å²) >= 11 is 1.76. The van der Waals surface area contributed by atoms with E-state index in [1.54, 1.807) is 11.3 Å². The van der Waals surface area contributed by atoms with Crippen LogP contribution in [0.4, 0.5) is 28.4 Å². The molecule has 3 heterocycles. The minimum Gasteiger partial charge on any atom is -0.509 e. The Bertz CT molecular complexity index is 1700. The van der Waals surface area contributed by atoms with Gasteiger partial charge in [0.05, 0.1) is 0 Å². The molecule has 202 valence electrons. The molecule has 0 radical (unpaired) electrons. The van der Waals surface area contributed by atoms with Crippen LogP contribution in [0.25, 0.3) is 10.1 Å². The third kappa shape index (κ3) is 4.49. The zero-order valence-electron chi connectivity index (χ0n) is 22.7. The van der Waals surface area contributed by atoms with E-state index in [-0.39, 0.29) is 26.6 Å². The smallest absolute Gasteiger partial charge is 0.509 e. The van der Waals surface area contributed by atoms with Gasteiger partial charge in [-0.15, -0.1) is 59.1 Å². The van der Waals surface area contributed by atoms with Crippen molar-refractivity contribution in [3.05, 3.63) is 115 Å². The van der Waals surface area contributed by atoms with Crippen LogP contribution in [-0.4, -0.2) is 19.0 Å². The molecule has 5 aromatic rings. The molecule has 0 bridgehead atoms. The van der Waals surface area contributed by atoms with Crippen molar-refractivity contribution in [3.8, 4) is 11.5 Å². The summed E-state index contributed by atoms with van der Waals surface area (Å²) in [5, 5.41) is 3.38. The van der Waals surface area contributed by atoms with Crippen LogP contribution in [0.5, 0.6) is 11.5 Å². The monoisotopic (exact) mass is 723 g/mol. The standard InChI is InChI=1S/C33H28N4OS.Pt/c1-33(2)28-13-5-6-14-29(28)37(22-35(33)4)25-10-8-12-27(19-25)38-26-11-7-9-24(18-26)36-21-34(3)30-20-32-23(15-16-39-32)17-31(30)36;/h5-17,20-22H,1-4H3;/q-4;+4. The Hall–Kier alpha value is -3.31. The van der Waals surface area contributed by atoms with Gasteiger partial charge < -0.3 is 24.3 Å². The minimum atomic E-state index is -0.106. The first-order chi connectivity index (χ1) is 18.9. The molecule has 0 aliphatic carbocycles. The maximum atomic E-state index is 6.32. The second kappa shape index (κ2) is 10.3. The van der Waals surface area contributed by atoms with Gasteiger partial charge in [0.15, 0.2) is 0 Å². The number of para-hydroxylation sites is 1. The molecule has 7 rings (SSSR count). The molecule has 0 atom stereocenters. The summed E-state index contributed by atoms with van der Waals surface area (Å²) in [5.41, 5.74) is 6.46. The summed E-state index contributed by atoms with van der Waals surface area (Å²) < 4.78 is 7.61. The zero-order chi connectivity index (χ0) is 26.7. The van der Waals surface area contributed by atoms with Crippen LogP contribution < -0.4 is 19.4 Å². The summed E-state index contributed by atoms with van der Waals surface area (Å²) in [4.78, 5) is 8.72. The van der Waals surface area contributed by atoms with Crippen molar-refractivity contribution in [3.63, 3.8) is 0 Å². The van der Waals surface area contributed by atoms with E-state index < -0.39 is 0 Å². The fraction of sp³-hybridized carbons (Fsp3) is 0.152. The van der Waals surface area contributed by atoms with Crippen LogP contribution in [0.3, 0.4) is 0 Å². The van der Waals surface area contributed by atoms with E-state index in [1.807, 2.05) is 24.3 Å². The van der Waals surface area contributed by atoms with Crippen molar-refractivity contribution in [1.29, 1.82) is 0 Å². The largest absolute Gasteiger partial charge is 4.00 e. The number of anilines is 5. The SMILES string of the molecule is CN1[CH-]N(c2[c-]c(Oc3[c-]c(N4[CH-]N(C)C(C)(C)c5ccccc54)ccc3)ccc2)c2cc3ccsc3cc21.[Pt+4]. The number of ether oxygens (including phenoxy) is 1. The van der Waals surface area contributed by atoms with Gasteiger partial charge in [0.1, 0.15) is 0 Å². The first-order valence-electron chi connectivity index (χ1n) is 13.0. The molecule has 2 aliphatic rings. The van der Waals surface area contributed by atoms with E-state index in [0.717, 1.165) is 22.7 Å². The van der Waals surface area contributed by atoms with Crippen LogP contribution in [-0.2, 0) is 26.6 Å². The normalized spacial score (nSPS) is 16.1. The molecule has 0 amide bonds. The Labute approximate surface area is 254 Å². The van der Waals surface area contributed by atoms with Crippen LogP contribution in [0.2, 0.25) is 0 Å². The number of rotatable bonds is 4. The number of hydrogen-bond acceptors (Lipinski definition) is 6. The fourth-order valence-corrected chi connectivity index (χ4v) is 6.11. The number of hydrogen-bond donors (Lipinski definition) is 0. The van der Waals surface area contributed by atoms with E-state index in [0.29, 0.717) is 11.5 Å². The van der Waals surface area contributed by atoms with E-state index in [9.17, 15) is 0 Å². The number of benzene rings is 4. The maximum Gasteiger partial charge on any atom is 4.00 e. The van der Waals surface area contributed by atoms with Crippen molar-refractivity contribution in [1.82, 2.24) is 4.90 Å². The molecule has 2 aliphatic heterocycles. The quantitative estimate of drug-likeness (QED) is 0.173. The van der Waals surface area contributed by atoms with Gasteiger partial charge in [0.25, 0.3) is 0 Å². The molecule has 0 N–H and O–H groups in total. The fourth-order valence-electron chi connectivity index (χ4n) is 5.31. The molecule has 7 heteroatoms. The molecule has 0 saturated carbocycles. The molecule has 5 nitrogen and oxygen atoms in total. The molecule has 0 saturated heterocycles. The number of fused-ring (bicyclic) bond motifs is 3. The Morgan fingerprint density at radius 1 is 0.750 bits per heavy atom. The summed E-state index contributed by atoms with van der Waals surface area (Å²) in [6.45, 7) is 8.70. The molecular weight excluding hydrogens is 696 g/mol. The van der Waals surface area contributed by atoms with Gasteiger partial charge in [-0.05, 0) is 68.5 Å². The van der Waals surface area contributed by atoms with E-state index in [1.165, 1.54) is 21.3 Å². The van der Waals surface area contributed by atoms with Gasteiger partial charge in [-0.2, -0.15) is 25.5 Å². The number of thiophene rings is 1. The van der Waals surface area contributed by atoms with Crippen LogP contribution in [0.1, 0.15) is 19.4 Å². The first-order valence-corrected chi connectivity index (χ1v) is 13.8. The molecular formula is C33H28N4OPtS. The van der Waals surface area contributed by atoms with Gasteiger partial charge in [-0.25, -0.2) is 0 Å². The Morgan fingerprint density at radius 2 is 1.43 bits per heavy atom. The van der Waals surface area contributed by atoms with Gasteiger partial charge in [-0.3, -0.25) is 0 Å². The van der Waals surface area contributed by atoms with E-state index >= 15 is 0 Å². The molecule has 0 fully saturated rings. The summed E-state index contributed by atoms with van der Waals surface area (Å²) in [5.74, 6) is 1.28. The third-order valence-corrected chi connectivity index (χ3v) is 8.60. The molecule has 1 aromatic heterocycles. The van der Waals surface area contributed by atoms with Crippen LogP contribution in [0, 0.1) is 25.5 Å². The molecule has 0 spiro atoms. The van der Waals surface area contributed by atoms with Crippen molar-refractivity contribution in [2.24, 2.45) is 0 Å². The Morgan fingerprint density at radius 3 is 2.15 bits per heavy atom. The van der Waals surface area contributed by atoms with Gasteiger partial charge in [0, 0.05) is 38.8 Å². The second-order valence-electron chi connectivity index (χ2n) is 10.5. The second-order valence-corrected chi connectivity index (χ2v) is 11.4. The predicted molar refractivity (Wildman–Crippen MR) is 161 cm³/mol. The van der Waals surface area contributed by atoms with Crippen LogP contribution in [0.15, 0.2) is 84.2 Å². The molecule has 0 unspecified atom stereocenters. The third-order valence-electron chi connectivity index (χ3n) is 7.72. The van der Waals surface area contributed by atoms with Gasteiger partial charge in [-0.1, -0.05) is 18.2 Å². The van der Waals surface area contributed by atoms with Crippen molar-refractivity contribution in [2.75, 3.05) is 28.8 Å². The average Bonchev–Trinajstić information content (AvgIpc) is 3.54. The minimum absolute atomic E-state index is 0. The van der Waals surface area contributed by atoms with E-state index in [4.69, 9.17) is 4.74 Å². The van der Waals surface area contributed by atoms with Crippen molar-refractivity contribution in [2.45, 2.75) is 19.4 Å². The number of nitrogens with zero attached hydrogens (tertiary/aromatic N) is 4. The molecule has 4 aromatic carbocycles. The van der Waals surface area contributed by atoms with Crippen molar-refractivity contribution >= 4 is 49.9 Å². The summed E-state index contributed by atoms with van der Waals surface area (Å²) in [6, 6.07) is 34.1. The Balaban J connectivity index is 0.00000289. The van der Waals surface area contributed by atoms with Gasteiger partial charge >= 0.3 is 21.1 Å². The van der Waals surface area contributed by atoms with Crippen molar-refractivity contribution < 1.29 is 25.8 Å². The summed E-state index contributed by atoms with van der Waals surface area (Å²) in [6.07, 6.45) is 0. The molecule has 40 heavy (non-hydrogen) atoms. The predicted octanol–water partition coefficient (Wildman–Crippen LogP) is 8.44. The van der Waals surface area contributed by atoms with E-state index in [2.05, 4.69) is 133 Å².